The summed E-state index contributed by atoms with van der Waals surface area (Å²) in [4.78, 5) is 13.2. The Morgan fingerprint density at radius 2 is 2.15 bits per heavy atom. The van der Waals surface area contributed by atoms with E-state index < -0.39 is 12.1 Å². The third kappa shape index (κ3) is 3.58. The molecule has 0 radical (unpaired) electrons. The van der Waals surface area contributed by atoms with Crippen LogP contribution in [0.5, 0.6) is 0 Å². The standard InChI is InChI=1S/C16H23NO3/c1-3-4-13-5-7-14(8-6-13)12(2)17-9-10-20-15(11-17)16(18)19/h5-8,12,15H,3-4,9-11H2,1-2H3,(H,18,19). The number of carboxylic acids is 1. The molecule has 0 bridgehead atoms. The van der Waals surface area contributed by atoms with E-state index in [1.807, 2.05) is 0 Å². The fourth-order valence-electron chi connectivity index (χ4n) is 2.63. The Bertz CT molecular complexity index is 444. The van der Waals surface area contributed by atoms with Crippen molar-refractivity contribution in [3.63, 3.8) is 0 Å². The van der Waals surface area contributed by atoms with Crippen LogP contribution in [0.3, 0.4) is 0 Å². The molecule has 20 heavy (non-hydrogen) atoms. The van der Waals surface area contributed by atoms with Gasteiger partial charge in [-0.2, -0.15) is 0 Å². The van der Waals surface area contributed by atoms with E-state index in [1.165, 1.54) is 11.1 Å². The smallest absolute Gasteiger partial charge is 0.334 e. The van der Waals surface area contributed by atoms with Crippen molar-refractivity contribution in [2.24, 2.45) is 0 Å². The third-order valence-corrected chi connectivity index (χ3v) is 3.92. The van der Waals surface area contributed by atoms with Crippen molar-refractivity contribution in [2.75, 3.05) is 19.7 Å². The summed E-state index contributed by atoms with van der Waals surface area (Å²) in [6.45, 7) is 6.01. The Kier molecular flexibility index (Phi) is 5.15. The second-order valence-electron chi connectivity index (χ2n) is 5.36. The summed E-state index contributed by atoms with van der Waals surface area (Å²) in [5.74, 6) is -0.875. The predicted molar refractivity (Wildman–Crippen MR) is 77.8 cm³/mol. The first-order chi connectivity index (χ1) is 9.61. The molecule has 2 unspecified atom stereocenters. The molecule has 2 rings (SSSR count). The number of benzene rings is 1. The maximum Gasteiger partial charge on any atom is 0.334 e. The Morgan fingerprint density at radius 1 is 1.45 bits per heavy atom. The second-order valence-corrected chi connectivity index (χ2v) is 5.36. The van der Waals surface area contributed by atoms with Crippen LogP contribution in [0.4, 0.5) is 0 Å². The number of hydrogen-bond donors (Lipinski definition) is 1. The highest BCUT2D eigenvalue weighted by Crippen LogP contribution is 2.23. The van der Waals surface area contributed by atoms with Crippen LogP contribution >= 0.6 is 0 Å². The third-order valence-electron chi connectivity index (χ3n) is 3.92. The molecule has 0 amide bonds. The van der Waals surface area contributed by atoms with Crippen LogP contribution in [0.2, 0.25) is 0 Å². The lowest BCUT2D eigenvalue weighted by Crippen LogP contribution is -2.46. The molecule has 1 aromatic rings. The van der Waals surface area contributed by atoms with Gasteiger partial charge in [-0.15, -0.1) is 0 Å². The molecule has 0 aromatic heterocycles. The topological polar surface area (TPSA) is 49.8 Å². The van der Waals surface area contributed by atoms with Gasteiger partial charge in [-0.25, -0.2) is 4.79 Å². The summed E-state index contributed by atoms with van der Waals surface area (Å²) in [5.41, 5.74) is 2.59. The summed E-state index contributed by atoms with van der Waals surface area (Å²) in [5, 5.41) is 9.05. The van der Waals surface area contributed by atoms with E-state index in [9.17, 15) is 4.79 Å². The van der Waals surface area contributed by atoms with Crippen LogP contribution in [0, 0.1) is 0 Å². The Labute approximate surface area is 120 Å². The average Bonchev–Trinajstić information content (AvgIpc) is 2.48. The number of nitrogens with zero attached hydrogens (tertiary/aromatic N) is 1. The molecule has 1 fully saturated rings. The van der Waals surface area contributed by atoms with E-state index in [1.54, 1.807) is 0 Å². The van der Waals surface area contributed by atoms with Gasteiger partial charge in [0.25, 0.3) is 0 Å². The van der Waals surface area contributed by atoms with Gasteiger partial charge in [0.1, 0.15) is 0 Å². The minimum absolute atomic E-state index is 0.219. The molecule has 4 heteroatoms. The van der Waals surface area contributed by atoms with Crippen LogP contribution in [0.1, 0.15) is 37.4 Å². The number of rotatable bonds is 5. The minimum atomic E-state index is -0.875. The Morgan fingerprint density at radius 3 is 2.75 bits per heavy atom. The maximum atomic E-state index is 11.0. The van der Waals surface area contributed by atoms with E-state index in [2.05, 4.69) is 43.0 Å². The van der Waals surface area contributed by atoms with Gasteiger partial charge in [0.2, 0.25) is 0 Å². The van der Waals surface area contributed by atoms with Crippen molar-refractivity contribution >= 4 is 5.97 Å². The molecule has 0 saturated carbocycles. The maximum absolute atomic E-state index is 11.0. The molecule has 0 aliphatic carbocycles. The number of carbonyl (C=O) groups is 1. The lowest BCUT2D eigenvalue weighted by molar-refractivity contribution is -0.157. The molecular weight excluding hydrogens is 254 g/mol. The van der Waals surface area contributed by atoms with Gasteiger partial charge >= 0.3 is 5.97 Å². The number of morpholine rings is 1. The Hall–Kier alpha value is -1.39. The highest BCUT2D eigenvalue weighted by Gasteiger charge is 2.29. The summed E-state index contributed by atoms with van der Waals surface area (Å²) in [7, 11) is 0. The number of aliphatic carboxylic acids is 1. The van der Waals surface area contributed by atoms with E-state index in [0.29, 0.717) is 13.2 Å². The monoisotopic (exact) mass is 277 g/mol. The van der Waals surface area contributed by atoms with Gasteiger partial charge in [-0.1, -0.05) is 37.6 Å². The SMILES string of the molecule is CCCc1ccc(C(C)N2CCOC(C(=O)O)C2)cc1. The quantitative estimate of drug-likeness (QED) is 0.898. The summed E-state index contributed by atoms with van der Waals surface area (Å²) < 4.78 is 5.27. The van der Waals surface area contributed by atoms with E-state index in [4.69, 9.17) is 9.84 Å². The highest BCUT2D eigenvalue weighted by molar-refractivity contribution is 5.72. The van der Waals surface area contributed by atoms with E-state index in [-0.39, 0.29) is 6.04 Å². The lowest BCUT2D eigenvalue weighted by atomic mass is 10.0. The van der Waals surface area contributed by atoms with Crippen molar-refractivity contribution in [1.82, 2.24) is 4.90 Å². The van der Waals surface area contributed by atoms with Crippen LogP contribution in [-0.4, -0.2) is 41.8 Å². The van der Waals surface area contributed by atoms with E-state index >= 15 is 0 Å². The first-order valence-electron chi connectivity index (χ1n) is 7.29. The molecule has 1 aliphatic rings. The summed E-state index contributed by atoms with van der Waals surface area (Å²) >= 11 is 0. The molecule has 0 spiro atoms. The van der Waals surface area contributed by atoms with E-state index in [0.717, 1.165) is 19.4 Å². The number of ether oxygens (including phenoxy) is 1. The fourth-order valence-corrected chi connectivity index (χ4v) is 2.63. The predicted octanol–water partition coefficient (Wildman–Crippen LogP) is 2.49. The van der Waals surface area contributed by atoms with Crippen molar-refractivity contribution in [2.45, 2.75) is 38.8 Å². The molecule has 2 atom stereocenters. The summed E-state index contributed by atoms with van der Waals surface area (Å²) in [6.07, 6.45) is 1.55. The normalized spacial score (nSPS) is 21.6. The fraction of sp³-hybridized carbons (Fsp3) is 0.562. The van der Waals surface area contributed by atoms with Crippen LogP contribution in [0.15, 0.2) is 24.3 Å². The minimum Gasteiger partial charge on any atom is -0.479 e. The van der Waals surface area contributed by atoms with Crippen LogP contribution in [-0.2, 0) is 16.0 Å². The van der Waals surface area contributed by atoms with Gasteiger partial charge in [-0.05, 0) is 24.5 Å². The molecule has 110 valence electrons. The van der Waals surface area contributed by atoms with Gasteiger partial charge in [0, 0.05) is 19.1 Å². The van der Waals surface area contributed by atoms with Gasteiger partial charge in [0.05, 0.1) is 6.61 Å². The lowest BCUT2D eigenvalue weighted by Gasteiger charge is -2.35. The highest BCUT2D eigenvalue weighted by atomic mass is 16.5. The number of hydrogen-bond acceptors (Lipinski definition) is 3. The summed E-state index contributed by atoms with van der Waals surface area (Å²) in [6, 6.07) is 8.87. The van der Waals surface area contributed by atoms with Crippen LogP contribution in [0.25, 0.3) is 0 Å². The van der Waals surface area contributed by atoms with Gasteiger partial charge < -0.3 is 9.84 Å². The molecule has 1 aliphatic heterocycles. The molecule has 1 saturated heterocycles. The number of aryl methyl sites for hydroxylation is 1. The molecule has 4 nitrogen and oxygen atoms in total. The number of carboxylic acid groups (broad SMARTS) is 1. The zero-order valence-electron chi connectivity index (χ0n) is 12.2. The first kappa shape index (κ1) is 15.0. The van der Waals surface area contributed by atoms with Crippen LogP contribution < -0.4 is 0 Å². The van der Waals surface area contributed by atoms with Crippen molar-refractivity contribution in [3.8, 4) is 0 Å². The largest absolute Gasteiger partial charge is 0.479 e. The second kappa shape index (κ2) is 6.86. The molecule has 1 heterocycles. The molecule has 1 N–H and O–H groups in total. The first-order valence-corrected chi connectivity index (χ1v) is 7.29. The van der Waals surface area contributed by atoms with Crippen molar-refractivity contribution in [1.29, 1.82) is 0 Å². The Balaban J connectivity index is 2.02. The van der Waals surface area contributed by atoms with Crippen molar-refractivity contribution < 1.29 is 14.6 Å². The zero-order chi connectivity index (χ0) is 14.5. The van der Waals surface area contributed by atoms with Gasteiger partial charge in [0.15, 0.2) is 6.10 Å². The van der Waals surface area contributed by atoms with Crippen molar-refractivity contribution in [3.05, 3.63) is 35.4 Å². The van der Waals surface area contributed by atoms with Gasteiger partial charge in [-0.3, -0.25) is 4.90 Å². The molecule has 1 aromatic carbocycles. The average molecular weight is 277 g/mol. The molecular formula is C16H23NO3. The zero-order valence-corrected chi connectivity index (χ0v) is 12.2.